The van der Waals surface area contributed by atoms with Crippen LogP contribution in [0.3, 0.4) is 0 Å². The lowest BCUT2D eigenvalue weighted by Gasteiger charge is -2.12. The topological polar surface area (TPSA) is 18.5 Å². The molecule has 0 N–H and O–H groups in total. The summed E-state index contributed by atoms with van der Waals surface area (Å²) < 4.78 is 11.5. The van der Waals surface area contributed by atoms with Crippen LogP contribution in [0.2, 0.25) is 0 Å². The number of alkyl halides is 1. The van der Waals surface area contributed by atoms with E-state index in [-0.39, 0.29) is 0 Å². The third-order valence-electron chi connectivity index (χ3n) is 3.15. The molecule has 0 radical (unpaired) electrons. The van der Waals surface area contributed by atoms with Gasteiger partial charge in [-0.15, -0.1) is 11.6 Å². The molecule has 0 fully saturated rings. The van der Waals surface area contributed by atoms with Crippen molar-refractivity contribution >= 4 is 11.6 Å². The highest BCUT2D eigenvalue weighted by Crippen LogP contribution is 2.26. The van der Waals surface area contributed by atoms with Crippen molar-refractivity contribution in [3.63, 3.8) is 0 Å². The Morgan fingerprint density at radius 1 is 0.952 bits per heavy atom. The van der Waals surface area contributed by atoms with Gasteiger partial charge in [-0.1, -0.05) is 43.3 Å². The summed E-state index contributed by atoms with van der Waals surface area (Å²) in [5.74, 6) is 2.09. The average Bonchev–Trinajstić information content (AvgIpc) is 2.54. The first kappa shape index (κ1) is 15.7. The fourth-order valence-corrected chi connectivity index (χ4v) is 2.23. The van der Waals surface area contributed by atoms with Crippen LogP contribution in [0.25, 0.3) is 0 Å². The van der Waals surface area contributed by atoms with Gasteiger partial charge in [-0.3, -0.25) is 0 Å². The molecule has 112 valence electrons. The lowest BCUT2D eigenvalue weighted by molar-refractivity contribution is 0.302. The van der Waals surface area contributed by atoms with Gasteiger partial charge in [0.25, 0.3) is 0 Å². The summed E-state index contributed by atoms with van der Waals surface area (Å²) in [6.45, 7) is 3.43. The normalized spacial score (nSPS) is 10.4. The van der Waals surface area contributed by atoms with E-state index in [9.17, 15) is 0 Å². The van der Waals surface area contributed by atoms with Crippen molar-refractivity contribution in [3.05, 3.63) is 59.7 Å². The molecule has 0 heterocycles. The number of benzene rings is 2. The lowest BCUT2D eigenvalue weighted by atomic mass is 10.1. The summed E-state index contributed by atoms with van der Waals surface area (Å²) in [6, 6.07) is 16.1. The van der Waals surface area contributed by atoms with Crippen molar-refractivity contribution in [1.82, 2.24) is 0 Å². The monoisotopic (exact) mass is 304 g/mol. The molecule has 0 aromatic heterocycles. The largest absolute Gasteiger partial charge is 0.493 e. The molecule has 2 aromatic rings. The van der Waals surface area contributed by atoms with Crippen LogP contribution >= 0.6 is 11.6 Å². The van der Waals surface area contributed by atoms with Crippen molar-refractivity contribution < 1.29 is 9.47 Å². The molecule has 0 unspecified atom stereocenters. The van der Waals surface area contributed by atoms with Gasteiger partial charge in [0.2, 0.25) is 0 Å². The van der Waals surface area contributed by atoms with E-state index in [1.165, 1.54) is 5.56 Å². The minimum absolute atomic E-state index is 0.439. The van der Waals surface area contributed by atoms with Crippen LogP contribution in [-0.2, 0) is 12.3 Å². The summed E-state index contributed by atoms with van der Waals surface area (Å²) in [5.41, 5.74) is 2.26. The number of hydrogen-bond donors (Lipinski definition) is 0. The van der Waals surface area contributed by atoms with Gasteiger partial charge in [0.1, 0.15) is 11.5 Å². The van der Waals surface area contributed by atoms with Gasteiger partial charge in [-0.05, 0) is 18.1 Å². The first-order valence-electron chi connectivity index (χ1n) is 7.32. The Balaban J connectivity index is 1.96. The molecule has 21 heavy (non-hydrogen) atoms. The zero-order chi connectivity index (χ0) is 14.9. The Bertz CT molecular complexity index is 540. The summed E-state index contributed by atoms with van der Waals surface area (Å²) in [6.07, 6.45) is 1.87. The smallest absolute Gasteiger partial charge is 0.127 e. The van der Waals surface area contributed by atoms with Gasteiger partial charge in [0.15, 0.2) is 0 Å². The molecule has 0 saturated heterocycles. The van der Waals surface area contributed by atoms with E-state index in [0.29, 0.717) is 19.1 Å². The van der Waals surface area contributed by atoms with Crippen LogP contribution in [0.4, 0.5) is 0 Å². The number of ether oxygens (including phenoxy) is 2. The van der Waals surface area contributed by atoms with Gasteiger partial charge < -0.3 is 9.47 Å². The molecule has 0 amide bonds. The molecular formula is C18H21ClO2. The predicted octanol–water partition coefficient (Wildman–Crippen LogP) is 4.84. The zero-order valence-electron chi connectivity index (χ0n) is 12.3. The van der Waals surface area contributed by atoms with E-state index in [2.05, 4.69) is 19.1 Å². The van der Waals surface area contributed by atoms with E-state index in [1.807, 2.05) is 36.4 Å². The minimum Gasteiger partial charge on any atom is -0.493 e. The van der Waals surface area contributed by atoms with Crippen LogP contribution in [0, 0.1) is 0 Å². The van der Waals surface area contributed by atoms with Crippen LogP contribution < -0.4 is 9.47 Å². The molecule has 2 nitrogen and oxygen atoms in total. The molecule has 0 aliphatic rings. The van der Waals surface area contributed by atoms with E-state index in [1.54, 1.807) is 0 Å². The standard InChI is InChI=1S/C18H21ClO2/c1-2-11-20-17-9-8-16(14-19)18(13-17)21-12-10-15-6-4-3-5-7-15/h3-9,13H,2,10-12,14H2,1H3. The van der Waals surface area contributed by atoms with Gasteiger partial charge in [-0.25, -0.2) is 0 Å². The molecular weight excluding hydrogens is 284 g/mol. The third-order valence-corrected chi connectivity index (χ3v) is 3.43. The first-order chi connectivity index (χ1) is 10.3. The summed E-state index contributed by atoms with van der Waals surface area (Å²) in [5, 5.41) is 0. The maximum atomic E-state index is 5.96. The van der Waals surface area contributed by atoms with E-state index in [4.69, 9.17) is 21.1 Å². The second-order valence-corrected chi connectivity index (χ2v) is 5.10. The second kappa shape index (κ2) is 8.58. The average molecular weight is 305 g/mol. The van der Waals surface area contributed by atoms with Crippen LogP contribution in [-0.4, -0.2) is 13.2 Å². The third kappa shape index (κ3) is 4.98. The molecule has 3 heteroatoms. The molecule has 0 spiro atoms. The van der Waals surface area contributed by atoms with Crippen LogP contribution in [0.1, 0.15) is 24.5 Å². The first-order valence-corrected chi connectivity index (χ1v) is 7.85. The highest BCUT2D eigenvalue weighted by molar-refractivity contribution is 6.17. The Morgan fingerprint density at radius 3 is 2.48 bits per heavy atom. The summed E-state index contributed by atoms with van der Waals surface area (Å²) in [7, 11) is 0. The zero-order valence-corrected chi connectivity index (χ0v) is 13.1. The molecule has 0 atom stereocenters. The maximum absolute atomic E-state index is 5.96. The van der Waals surface area contributed by atoms with E-state index < -0.39 is 0 Å². The fraction of sp³-hybridized carbons (Fsp3) is 0.333. The van der Waals surface area contributed by atoms with Crippen molar-refractivity contribution in [2.45, 2.75) is 25.6 Å². The molecule has 0 bridgehead atoms. The van der Waals surface area contributed by atoms with E-state index >= 15 is 0 Å². The number of hydrogen-bond acceptors (Lipinski definition) is 2. The van der Waals surface area contributed by atoms with Crippen molar-refractivity contribution in [1.29, 1.82) is 0 Å². The number of rotatable bonds is 8. The van der Waals surface area contributed by atoms with Crippen LogP contribution in [0.15, 0.2) is 48.5 Å². The fourth-order valence-electron chi connectivity index (χ4n) is 2.01. The quantitative estimate of drug-likeness (QED) is 0.650. The Labute approximate surface area is 131 Å². The highest BCUT2D eigenvalue weighted by Gasteiger charge is 2.06. The number of halogens is 1. The SMILES string of the molecule is CCCOc1ccc(CCl)c(OCCc2ccccc2)c1. The van der Waals surface area contributed by atoms with Gasteiger partial charge in [-0.2, -0.15) is 0 Å². The Kier molecular flexibility index (Phi) is 6.42. The molecule has 0 aliphatic carbocycles. The van der Waals surface area contributed by atoms with Gasteiger partial charge in [0, 0.05) is 18.1 Å². The lowest BCUT2D eigenvalue weighted by Crippen LogP contribution is -2.04. The Morgan fingerprint density at radius 2 is 1.76 bits per heavy atom. The van der Waals surface area contributed by atoms with Crippen molar-refractivity contribution in [2.24, 2.45) is 0 Å². The Hall–Kier alpha value is -1.67. The highest BCUT2D eigenvalue weighted by atomic mass is 35.5. The van der Waals surface area contributed by atoms with Crippen LogP contribution in [0.5, 0.6) is 11.5 Å². The summed E-state index contributed by atoms with van der Waals surface area (Å²) >= 11 is 5.96. The van der Waals surface area contributed by atoms with E-state index in [0.717, 1.165) is 29.9 Å². The molecule has 0 aliphatic heterocycles. The van der Waals surface area contributed by atoms with Gasteiger partial charge >= 0.3 is 0 Å². The summed E-state index contributed by atoms with van der Waals surface area (Å²) in [4.78, 5) is 0. The molecule has 0 saturated carbocycles. The van der Waals surface area contributed by atoms with Crippen molar-refractivity contribution in [3.8, 4) is 11.5 Å². The molecule has 2 rings (SSSR count). The molecule has 2 aromatic carbocycles. The maximum Gasteiger partial charge on any atom is 0.127 e. The van der Waals surface area contributed by atoms with Crippen molar-refractivity contribution in [2.75, 3.05) is 13.2 Å². The minimum atomic E-state index is 0.439. The predicted molar refractivity (Wildman–Crippen MR) is 87.4 cm³/mol. The van der Waals surface area contributed by atoms with Gasteiger partial charge in [0.05, 0.1) is 19.1 Å². The second-order valence-electron chi connectivity index (χ2n) is 4.84.